The first-order valence-corrected chi connectivity index (χ1v) is 13.5. The Morgan fingerprint density at radius 3 is 2.70 bits per heavy atom. The number of aliphatic hydroxyl groups is 2. The summed E-state index contributed by atoms with van der Waals surface area (Å²) in [5.74, 6) is 3.24. The summed E-state index contributed by atoms with van der Waals surface area (Å²) in [6, 6.07) is 0. The molecule has 0 aliphatic heterocycles. The average molecular weight is 454 g/mol. The highest BCUT2D eigenvalue weighted by molar-refractivity contribution is 5.73. The molecule has 0 spiro atoms. The van der Waals surface area contributed by atoms with Crippen LogP contribution >= 0.6 is 0 Å². The van der Waals surface area contributed by atoms with Gasteiger partial charge in [-0.25, -0.2) is 0 Å². The number of aliphatic imine (C=N–C) groups is 1. The summed E-state index contributed by atoms with van der Waals surface area (Å²) < 4.78 is 0. The van der Waals surface area contributed by atoms with Crippen LogP contribution in [0.3, 0.4) is 0 Å². The van der Waals surface area contributed by atoms with Gasteiger partial charge in [0.05, 0.1) is 11.7 Å². The highest BCUT2D eigenvalue weighted by Crippen LogP contribution is 2.67. The number of hydrogen-bond acceptors (Lipinski definition) is 3. The highest BCUT2D eigenvalue weighted by Gasteiger charge is 2.58. The Hall–Kier alpha value is -1.19. The summed E-state index contributed by atoms with van der Waals surface area (Å²) in [5.41, 5.74) is 2.70. The van der Waals surface area contributed by atoms with Crippen LogP contribution in [0.25, 0.3) is 0 Å². The predicted octanol–water partition coefficient (Wildman–Crippen LogP) is 6.66. The molecule has 0 aromatic carbocycles. The molecule has 0 radical (unpaired) electrons. The first-order chi connectivity index (χ1) is 15.6. The molecule has 0 amide bonds. The van der Waals surface area contributed by atoms with Gasteiger partial charge in [-0.2, -0.15) is 0 Å². The lowest BCUT2D eigenvalue weighted by Crippen LogP contribution is -2.51. The van der Waals surface area contributed by atoms with E-state index in [0.29, 0.717) is 10.8 Å². The number of fused-ring (bicyclic) bond motifs is 5. The molecular weight excluding hydrogens is 406 g/mol. The molecular formula is C30H47NO2. The first kappa shape index (κ1) is 24.9. The molecule has 8 atom stereocenters. The van der Waals surface area contributed by atoms with Gasteiger partial charge < -0.3 is 10.2 Å². The van der Waals surface area contributed by atoms with Crippen molar-refractivity contribution in [2.45, 2.75) is 103 Å². The van der Waals surface area contributed by atoms with Crippen molar-refractivity contribution in [2.75, 3.05) is 7.05 Å². The normalized spacial score (nSPS) is 44.1. The molecule has 33 heavy (non-hydrogen) atoms. The molecule has 3 saturated carbocycles. The van der Waals surface area contributed by atoms with Gasteiger partial charge in [0.1, 0.15) is 0 Å². The van der Waals surface area contributed by atoms with E-state index in [0.717, 1.165) is 61.3 Å². The van der Waals surface area contributed by atoms with Crippen molar-refractivity contribution in [2.24, 2.45) is 39.5 Å². The van der Waals surface area contributed by atoms with E-state index in [1.54, 1.807) is 24.9 Å². The van der Waals surface area contributed by atoms with Crippen LogP contribution in [-0.4, -0.2) is 35.2 Å². The lowest BCUT2D eigenvalue weighted by Gasteiger charge is -2.59. The fourth-order valence-electron chi connectivity index (χ4n) is 8.59. The third-order valence-electron chi connectivity index (χ3n) is 10.6. The molecule has 4 rings (SSSR count). The second-order valence-corrected chi connectivity index (χ2v) is 12.5. The van der Waals surface area contributed by atoms with Crippen LogP contribution in [0.1, 0.15) is 91.4 Å². The molecule has 2 N–H and O–H groups in total. The van der Waals surface area contributed by atoms with Gasteiger partial charge in [0, 0.05) is 13.3 Å². The second-order valence-electron chi connectivity index (χ2n) is 12.5. The van der Waals surface area contributed by atoms with Gasteiger partial charge in [-0.15, -0.1) is 0 Å². The van der Waals surface area contributed by atoms with Crippen molar-refractivity contribution >= 4 is 6.21 Å². The topological polar surface area (TPSA) is 52.8 Å². The molecule has 3 fully saturated rings. The summed E-state index contributed by atoms with van der Waals surface area (Å²) in [6.07, 6.45) is 20.3. The van der Waals surface area contributed by atoms with E-state index < -0.39 is 11.7 Å². The van der Waals surface area contributed by atoms with Crippen molar-refractivity contribution < 1.29 is 10.2 Å². The minimum Gasteiger partial charge on any atom is -0.390 e. The maximum absolute atomic E-state index is 10.7. The lowest BCUT2D eigenvalue weighted by atomic mass is 9.46. The number of allylic oxidation sites excluding steroid dienone is 2. The van der Waals surface area contributed by atoms with Crippen molar-refractivity contribution in [3.63, 3.8) is 0 Å². The zero-order valence-electron chi connectivity index (χ0n) is 21.5. The SMILES string of the molecule is C=C/C(=C\C=NC)C(O)CCCC1CCC2C3CC=C4C[C@@](C)(O)CCC4(C)C3CCC12C. The highest BCUT2D eigenvalue weighted by atomic mass is 16.3. The van der Waals surface area contributed by atoms with E-state index in [2.05, 4.69) is 31.5 Å². The van der Waals surface area contributed by atoms with Crippen molar-refractivity contribution in [1.29, 1.82) is 0 Å². The largest absolute Gasteiger partial charge is 0.390 e. The van der Waals surface area contributed by atoms with E-state index in [9.17, 15) is 10.2 Å². The number of rotatable bonds is 7. The standard InChI is InChI=1S/C30H47NO2/c1-6-21(15-19-31-5)27(32)9-7-8-22-11-13-25-24-12-10-23-20-28(2,33)17-18-30(23,4)26(24)14-16-29(22,25)3/h6,10,15,19,22,24-27,32-33H,1,7-9,11-14,16-18,20H2,2-5H3/b21-15+,31-19?/t22?,24?,25?,26?,27?,28-,29?,30?/m0/s1. The number of hydrogen-bond donors (Lipinski definition) is 2. The summed E-state index contributed by atoms with van der Waals surface area (Å²) in [5, 5.41) is 21.3. The third-order valence-corrected chi connectivity index (χ3v) is 10.6. The fraction of sp³-hybridized carbons (Fsp3) is 0.767. The predicted molar refractivity (Wildman–Crippen MR) is 138 cm³/mol. The van der Waals surface area contributed by atoms with Gasteiger partial charge in [-0.05, 0) is 117 Å². The monoisotopic (exact) mass is 453 g/mol. The van der Waals surface area contributed by atoms with Crippen LogP contribution in [0.5, 0.6) is 0 Å². The van der Waals surface area contributed by atoms with Crippen LogP contribution in [0.4, 0.5) is 0 Å². The van der Waals surface area contributed by atoms with Crippen LogP contribution in [0.15, 0.2) is 40.9 Å². The Morgan fingerprint density at radius 1 is 1.18 bits per heavy atom. The summed E-state index contributed by atoms with van der Waals surface area (Å²) >= 11 is 0. The third kappa shape index (κ3) is 4.57. The summed E-state index contributed by atoms with van der Waals surface area (Å²) in [7, 11) is 1.75. The van der Waals surface area contributed by atoms with Gasteiger partial charge in [0.25, 0.3) is 0 Å². The molecule has 0 bridgehead atoms. The second kappa shape index (κ2) is 9.46. The van der Waals surface area contributed by atoms with Gasteiger partial charge in [-0.1, -0.05) is 44.6 Å². The summed E-state index contributed by atoms with van der Waals surface area (Å²) in [6.45, 7) is 11.0. The molecule has 4 aliphatic carbocycles. The minimum atomic E-state index is -0.506. The van der Waals surface area contributed by atoms with Gasteiger partial charge >= 0.3 is 0 Å². The van der Waals surface area contributed by atoms with E-state index >= 15 is 0 Å². The molecule has 0 heterocycles. The summed E-state index contributed by atoms with van der Waals surface area (Å²) in [4.78, 5) is 4.00. The van der Waals surface area contributed by atoms with Crippen molar-refractivity contribution in [3.8, 4) is 0 Å². The smallest absolute Gasteiger partial charge is 0.0790 e. The molecule has 0 aromatic heterocycles. The van der Waals surface area contributed by atoms with Crippen molar-refractivity contribution in [1.82, 2.24) is 0 Å². The molecule has 3 heteroatoms. The minimum absolute atomic E-state index is 0.309. The van der Waals surface area contributed by atoms with Crippen molar-refractivity contribution in [3.05, 3.63) is 36.0 Å². The van der Waals surface area contributed by atoms with E-state index in [4.69, 9.17) is 0 Å². The van der Waals surface area contributed by atoms with Crippen LogP contribution in [0.2, 0.25) is 0 Å². The van der Waals surface area contributed by atoms with E-state index in [1.807, 2.05) is 13.0 Å². The Bertz CT molecular complexity index is 823. The van der Waals surface area contributed by atoms with Crippen LogP contribution < -0.4 is 0 Å². The molecule has 4 aliphatic rings. The van der Waals surface area contributed by atoms with Crippen LogP contribution in [-0.2, 0) is 0 Å². The average Bonchev–Trinajstić information content (AvgIpc) is 3.11. The zero-order valence-corrected chi connectivity index (χ0v) is 21.5. The van der Waals surface area contributed by atoms with E-state index in [1.165, 1.54) is 38.5 Å². The van der Waals surface area contributed by atoms with E-state index in [-0.39, 0.29) is 0 Å². The first-order valence-electron chi connectivity index (χ1n) is 13.5. The number of nitrogens with zero attached hydrogens (tertiary/aromatic N) is 1. The maximum atomic E-state index is 10.7. The Morgan fingerprint density at radius 2 is 1.97 bits per heavy atom. The Labute approximate surface area is 202 Å². The fourth-order valence-corrected chi connectivity index (χ4v) is 8.59. The molecule has 7 unspecified atom stereocenters. The molecule has 0 saturated heterocycles. The number of aliphatic hydroxyl groups excluding tert-OH is 1. The van der Waals surface area contributed by atoms with Crippen LogP contribution in [0, 0.1) is 34.5 Å². The maximum Gasteiger partial charge on any atom is 0.0790 e. The molecule has 3 nitrogen and oxygen atoms in total. The van der Waals surface area contributed by atoms with Gasteiger partial charge in [0.15, 0.2) is 0 Å². The zero-order chi connectivity index (χ0) is 23.9. The lowest BCUT2D eigenvalue weighted by molar-refractivity contribution is -0.0662. The molecule has 184 valence electrons. The Kier molecular flexibility index (Phi) is 7.14. The Balaban J connectivity index is 1.40. The quantitative estimate of drug-likeness (QED) is 0.257. The van der Waals surface area contributed by atoms with Gasteiger partial charge in [-0.3, -0.25) is 4.99 Å². The van der Waals surface area contributed by atoms with Gasteiger partial charge in [0.2, 0.25) is 0 Å². The molecule has 0 aromatic rings.